The summed E-state index contributed by atoms with van der Waals surface area (Å²) in [6.07, 6.45) is 1.76. The van der Waals surface area contributed by atoms with Crippen molar-refractivity contribution in [1.82, 2.24) is 14.7 Å². The summed E-state index contributed by atoms with van der Waals surface area (Å²) in [6, 6.07) is -0.302. The van der Waals surface area contributed by atoms with Crippen LogP contribution in [-0.2, 0) is 4.79 Å². The molecule has 106 valence electrons. The van der Waals surface area contributed by atoms with Gasteiger partial charge in [0.15, 0.2) is 0 Å². The number of rotatable bonds is 6. The summed E-state index contributed by atoms with van der Waals surface area (Å²) >= 11 is 0. The van der Waals surface area contributed by atoms with E-state index >= 15 is 0 Å². The Balaban J connectivity index is 2.28. The molecular formula is C13H28N4O. The molecule has 5 heteroatoms. The molecule has 1 saturated heterocycles. The lowest BCUT2D eigenvalue weighted by Gasteiger charge is -2.36. The van der Waals surface area contributed by atoms with Crippen LogP contribution in [0.3, 0.4) is 0 Å². The van der Waals surface area contributed by atoms with Crippen LogP contribution in [0.4, 0.5) is 0 Å². The van der Waals surface area contributed by atoms with Crippen LogP contribution in [0.5, 0.6) is 0 Å². The molecule has 1 aliphatic heterocycles. The Labute approximate surface area is 111 Å². The third-order valence-corrected chi connectivity index (χ3v) is 3.46. The van der Waals surface area contributed by atoms with Crippen molar-refractivity contribution in [3.05, 3.63) is 0 Å². The van der Waals surface area contributed by atoms with Crippen LogP contribution in [0.25, 0.3) is 0 Å². The maximum Gasteiger partial charge on any atom is 0.239 e. The van der Waals surface area contributed by atoms with Gasteiger partial charge in [0.1, 0.15) is 0 Å². The van der Waals surface area contributed by atoms with Crippen molar-refractivity contribution in [3.63, 3.8) is 0 Å². The second-order valence-corrected chi connectivity index (χ2v) is 5.37. The second-order valence-electron chi connectivity index (χ2n) is 5.37. The fourth-order valence-corrected chi connectivity index (χ4v) is 2.20. The van der Waals surface area contributed by atoms with E-state index in [1.807, 2.05) is 4.90 Å². The van der Waals surface area contributed by atoms with Crippen LogP contribution in [0.15, 0.2) is 0 Å². The maximum absolute atomic E-state index is 12.0. The van der Waals surface area contributed by atoms with Gasteiger partial charge in [-0.15, -0.1) is 0 Å². The number of carbonyl (C=O) groups is 1. The summed E-state index contributed by atoms with van der Waals surface area (Å²) in [5.74, 6) is 0.129. The van der Waals surface area contributed by atoms with Crippen molar-refractivity contribution in [2.75, 3.05) is 53.4 Å². The number of hydrogen-bond donors (Lipinski definition) is 1. The zero-order valence-corrected chi connectivity index (χ0v) is 12.1. The molecule has 1 rings (SSSR count). The van der Waals surface area contributed by atoms with Crippen molar-refractivity contribution in [3.8, 4) is 0 Å². The molecule has 0 saturated carbocycles. The Bertz CT molecular complexity index is 249. The lowest BCUT2D eigenvalue weighted by atomic mass is 10.1. The van der Waals surface area contributed by atoms with E-state index in [4.69, 9.17) is 5.73 Å². The average molecular weight is 256 g/mol. The first-order chi connectivity index (χ1) is 8.54. The zero-order chi connectivity index (χ0) is 13.5. The van der Waals surface area contributed by atoms with Crippen LogP contribution >= 0.6 is 0 Å². The van der Waals surface area contributed by atoms with Crippen LogP contribution < -0.4 is 5.73 Å². The number of nitrogens with two attached hydrogens (primary N) is 1. The molecule has 1 heterocycles. The van der Waals surface area contributed by atoms with E-state index in [-0.39, 0.29) is 11.9 Å². The van der Waals surface area contributed by atoms with Crippen molar-refractivity contribution in [1.29, 1.82) is 0 Å². The first-order valence-corrected chi connectivity index (χ1v) is 6.96. The van der Waals surface area contributed by atoms with Gasteiger partial charge in [0.2, 0.25) is 5.91 Å². The highest BCUT2D eigenvalue weighted by molar-refractivity contribution is 5.81. The van der Waals surface area contributed by atoms with Gasteiger partial charge in [-0.1, -0.05) is 13.3 Å². The normalized spacial score (nSPS) is 19.3. The smallest absolute Gasteiger partial charge is 0.239 e. The molecule has 1 aliphatic rings. The summed E-state index contributed by atoms with van der Waals surface area (Å²) in [6.45, 7) is 7.80. The lowest BCUT2D eigenvalue weighted by molar-refractivity contribution is -0.134. The monoisotopic (exact) mass is 256 g/mol. The Hall–Kier alpha value is -0.650. The third kappa shape index (κ3) is 4.92. The predicted molar refractivity (Wildman–Crippen MR) is 74.5 cm³/mol. The quantitative estimate of drug-likeness (QED) is 0.716. The minimum absolute atomic E-state index is 0.129. The van der Waals surface area contributed by atoms with E-state index in [1.54, 1.807) is 0 Å². The number of nitrogens with zero attached hydrogens (tertiary/aromatic N) is 3. The molecular weight excluding hydrogens is 228 g/mol. The van der Waals surface area contributed by atoms with E-state index in [0.29, 0.717) is 0 Å². The van der Waals surface area contributed by atoms with Gasteiger partial charge in [0.25, 0.3) is 0 Å². The zero-order valence-electron chi connectivity index (χ0n) is 12.1. The predicted octanol–water partition coefficient (Wildman–Crippen LogP) is -0.180. The summed E-state index contributed by atoms with van der Waals surface area (Å²) < 4.78 is 0. The molecule has 1 fully saturated rings. The Morgan fingerprint density at radius 1 is 1.28 bits per heavy atom. The van der Waals surface area contributed by atoms with Gasteiger partial charge >= 0.3 is 0 Å². The topological polar surface area (TPSA) is 52.8 Å². The van der Waals surface area contributed by atoms with Gasteiger partial charge in [-0.3, -0.25) is 9.69 Å². The molecule has 1 amide bonds. The van der Waals surface area contributed by atoms with Crippen molar-refractivity contribution >= 4 is 5.91 Å². The molecule has 0 unspecified atom stereocenters. The molecule has 0 spiro atoms. The Kier molecular flexibility index (Phi) is 6.60. The van der Waals surface area contributed by atoms with Crippen LogP contribution in [0.2, 0.25) is 0 Å². The SMILES string of the molecule is CCC[C@H](N)C(=O)N1CCN(CCN(C)C)CC1. The number of hydrogen-bond acceptors (Lipinski definition) is 4. The van der Waals surface area contributed by atoms with E-state index in [1.165, 1.54) is 0 Å². The molecule has 0 aromatic carbocycles. The molecule has 0 aliphatic carbocycles. The Morgan fingerprint density at radius 2 is 1.89 bits per heavy atom. The van der Waals surface area contributed by atoms with Gasteiger partial charge in [0.05, 0.1) is 6.04 Å². The first kappa shape index (κ1) is 15.4. The van der Waals surface area contributed by atoms with Gasteiger partial charge in [-0.25, -0.2) is 0 Å². The van der Waals surface area contributed by atoms with E-state index < -0.39 is 0 Å². The highest BCUT2D eigenvalue weighted by Gasteiger charge is 2.24. The first-order valence-electron chi connectivity index (χ1n) is 6.96. The largest absolute Gasteiger partial charge is 0.339 e. The molecule has 18 heavy (non-hydrogen) atoms. The number of likely N-dealkylation sites (N-methyl/N-ethyl adjacent to an activating group) is 1. The molecule has 0 radical (unpaired) electrons. The summed E-state index contributed by atoms with van der Waals surface area (Å²) in [5.41, 5.74) is 5.88. The summed E-state index contributed by atoms with van der Waals surface area (Å²) in [7, 11) is 4.17. The molecule has 0 bridgehead atoms. The maximum atomic E-state index is 12.0. The highest BCUT2D eigenvalue weighted by atomic mass is 16.2. The van der Waals surface area contributed by atoms with Crippen molar-refractivity contribution in [2.24, 2.45) is 5.73 Å². The van der Waals surface area contributed by atoms with Crippen LogP contribution in [0, 0.1) is 0 Å². The summed E-state index contributed by atoms with van der Waals surface area (Å²) in [5, 5.41) is 0. The van der Waals surface area contributed by atoms with Gasteiger partial charge in [-0.2, -0.15) is 0 Å². The second kappa shape index (κ2) is 7.71. The Morgan fingerprint density at radius 3 is 2.39 bits per heavy atom. The lowest BCUT2D eigenvalue weighted by Crippen LogP contribution is -2.53. The minimum atomic E-state index is -0.302. The average Bonchev–Trinajstić information content (AvgIpc) is 2.36. The van der Waals surface area contributed by atoms with Crippen LogP contribution in [-0.4, -0.2) is 80.0 Å². The molecule has 1 atom stereocenters. The van der Waals surface area contributed by atoms with Crippen LogP contribution in [0.1, 0.15) is 19.8 Å². The van der Waals surface area contributed by atoms with Crippen molar-refractivity contribution in [2.45, 2.75) is 25.8 Å². The van der Waals surface area contributed by atoms with Gasteiger partial charge < -0.3 is 15.5 Å². The van der Waals surface area contributed by atoms with Gasteiger partial charge in [-0.05, 0) is 20.5 Å². The van der Waals surface area contributed by atoms with E-state index in [9.17, 15) is 4.79 Å². The van der Waals surface area contributed by atoms with Crippen molar-refractivity contribution < 1.29 is 4.79 Å². The third-order valence-electron chi connectivity index (χ3n) is 3.46. The fraction of sp³-hybridized carbons (Fsp3) is 0.923. The van der Waals surface area contributed by atoms with E-state index in [2.05, 4.69) is 30.8 Å². The highest BCUT2D eigenvalue weighted by Crippen LogP contribution is 2.05. The molecule has 0 aromatic heterocycles. The van der Waals surface area contributed by atoms with Gasteiger partial charge in [0, 0.05) is 39.3 Å². The minimum Gasteiger partial charge on any atom is -0.339 e. The molecule has 2 N–H and O–H groups in total. The van der Waals surface area contributed by atoms with E-state index in [0.717, 1.165) is 52.1 Å². The standard InChI is InChI=1S/C13H28N4O/c1-4-5-12(14)13(18)17-10-8-16(9-11-17)7-6-15(2)3/h12H,4-11,14H2,1-3H3/t12-/m0/s1. The number of amides is 1. The molecule has 5 nitrogen and oxygen atoms in total. The number of piperazine rings is 1. The number of carbonyl (C=O) groups excluding carboxylic acids is 1. The summed E-state index contributed by atoms with van der Waals surface area (Å²) in [4.78, 5) is 18.6. The molecule has 0 aromatic rings. The fourth-order valence-electron chi connectivity index (χ4n) is 2.20.